The number of nitrogens with one attached hydrogen (secondary N) is 1. The zero-order valence-corrected chi connectivity index (χ0v) is 46.2. The van der Waals surface area contributed by atoms with Crippen molar-refractivity contribution in [3.05, 3.63) is 48.6 Å². The molecule has 1 heterocycles. The average Bonchev–Trinajstić information content (AvgIpc) is 3.38. The first-order chi connectivity index (χ1) is 35.2. The summed E-state index contributed by atoms with van der Waals surface area (Å²) in [6.07, 6.45) is 51.7. The number of allylic oxidation sites excluding steroid dienone is 8. The van der Waals surface area contributed by atoms with E-state index >= 15 is 0 Å². The van der Waals surface area contributed by atoms with Crippen LogP contribution < -0.4 is 5.32 Å². The van der Waals surface area contributed by atoms with Gasteiger partial charge >= 0.3 is 0 Å². The quantitative estimate of drug-likeness (QED) is 0.0215. The van der Waals surface area contributed by atoms with Gasteiger partial charge in [-0.15, -0.1) is 0 Å². The molecule has 0 radical (unpaired) electrons. The maximum atomic E-state index is 13.2. The van der Waals surface area contributed by atoms with Crippen LogP contribution in [0.3, 0.4) is 0 Å². The molecule has 422 valence electrons. The fourth-order valence-corrected chi connectivity index (χ4v) is 9.41. The van der Waals surface area contributed by atoms with Crippen LogP contribution in [-0.4, -0.2) is 110 Å². The van der Waals surface area contributed by atoms with E-state index in [-0.39, 0.29) is 12.8 Å². The van der Waals surface area contributed by atoms with E-state index in [1.807, 2.05) is 0 Å². The Balaban J connectivity index is 2.35. The molecule has 72 heavy (non-hydrogen) atoms. The van der Waals surface area contributed by atoms with Crippen molar-refractivity contribution in [2.75, 3.05) is 13.2 Å². The Labute approximate surface area is 440 Å². The lowest BCUT2D eigenvalue weighted by Crippen LogP contribution is -2.60. The van der Waals surface area contributed by atoms with Gasteiger partial charge in [0.15, 0.2) is 6.29 Å². The Morgan fingerprint density at radius 2 is 0.833 bits per heavy atom. The molecule has 1 aliphatic rings. The SMILES string of the molecule is CCCCCCCCCCCC/C=C\CCCCCCCCC(O)C(=O)NC(COC1OC(CO)C(O)C(O)C1O)C(O)C(O)CCC/C=C/CC/C=C/CC/C=C/CCCCCCCCCCCCCC. The second-order valence-corrected chi connectivity index (χ2v) is 21.0. The smallest absolute Gasteiger partial charge is 0.249 e. The highest BCUT2D eigenvalue weighted by molar-refractivity contribution is 5.80. The molecule has 0 spiro atoms. The molecule has 0 bridgehead atoms. The van der Waals surface area contributed by atoms with Crippen LogP contribution >= 0.6 is 0 Å². The predicted molar refractivity (Wildman–Crippen MR) is 298 cm³/mol. The number of amides is 1. The third-order valence-electron chi connectivity index (χ3n) is 14.3. The number of aliphatic hydroxyl groups is 7. The Kier molecular flexibility index (Phi) is 47.2. The third-order valence-corrected chi connectivity index (χ3v) is 14.3. The van der Waals surface area contributed by atoms with E-state index in [2.05, 4.69) is 67.8 Å². The van der Waals surface area contributed by atoms with Gasteiger partial charge in [0.25, 0.3) is 0 Å². The van der Waals surface area contributed by atoms with Gasteiger partial charge < -0.3 is 50.5 Å². The summed E-state index contributed by atoms with van der Waals surface area (Å²) >= 11 is 0. The van der Waals surface area contributed by atoms with Gasteiger partial charge in [0.05, 0.1) is 25.4 Å². The van der Waals surface area contributed by atoms with Crippen molar-refractivity contribution in [1.29, 1.82) is 0 Å². The van der Waals surface area contributed by atoms with E-state index in [0.29, 0.717) is 19.3 Å². The Morgan fingerprint density at radius 1 is 0.472 bits per heavy atom. The predicted octanol–water partition coefficient (Wildman–Crippen LogP) is 12.8. The number of ether oxygens (including phenoxy) is 2. The van der Waals surface area contributed by atoms with Gasteiger partial charge in [-0.25, -0.2) is 0 Å². The largest absolute Gasteiger partial charge is 0.394 e. The second kappa shape index (κ2) is 49.9. The fourth-order valence-electron chi connectivity index (χ4n) is 9.41. The summed E-state index contributed by atoms with van der Waals surface area (Å²) < 4.78 is 11.1. The normalized spacial score (nSPS) is 20.4. The minimum absolute atomic E-state index is 0.239. The molecular weight excluding hydrogens is 907 g/mol. The molecule has 1 fully saturated rings. The van der Waals surface area contributed by atoms with Gasteiger partial charge in [0, 0.05) is 0 Å². The fraction of sp³-hybridized carbons (Fsp3) is 0.852. The summed E-state index contributed by atoms with van der Waals surface area (Å²) in [5.41, 5.74) is 0. The number of hydrogen-bond donors (Lipinski definition) is 8. The molecule has 0 aromatic carbocycles. The Bertz CT molecular complexity index is 1310. The highest BCUT2D eigenvalue weighted by atomic mass is 16.7. The van der Waals surface area contributed by atoms with Crippen LogP contribution in [0.4, 0.5) is 0 Å². The summed E-state index contributed by atoms with van der Waals surface area (Å²) in [7, 11) is 0. The van der Waals surface area contributed by atoms with Crippen molar-refractivity contribution >= 4 is 5.91 Å². The molecular formula is C61H113NO10. The second-order valence-electron chi connectivity index (χ2n) is 21.0. The Morgan fingerprint density at radius 3 is 1.24 bits per heavy atom. The molecule has 1 rings (SSSR count). The van der Waals surface area contributed by atoms with E-state index in [4.69, 9.17) is 9.47 Å². The van der Waals surface area contributed by atoms with Crippen molar-refractivity contribution < 1.29 is 50.0 Å². The first-order valence-corrected chi connectivity index (χ1v) is 30.0. The van der Waals surface area contributed by atoms with Crippen molar-refractivity contribution in [3.8, 4) is 0 Å². The van der Waals surface area contributed by atoms with Crippen molar-refractivity contribution in [1.82, 2.24) is 5.32 Å². The number of hydrogen-bond acceptors (Lipinski definition) is 10. The summed E-state index contributed by atoms with van der Waals surface area (Å²) in [6.45, 7) is 3.45. The third kappa shape index (κ3) is 37.7. The molecule has 11 heteroatoms. The van der Waals surface area contributed by atoms with E-state index < -0.39 is 74.2 Å². The number of carbonyl (C=O) groups excluding carboxylic acids is 1. The van der Waals surface area contributed by atoms with Crippen molar-refractivity contribution in [2.45, 2.75) is 319 Å². The summed E-state index contributed by atoms with van der Waals surface area (Å²) in [6, 6.07) is -1.20. The van der Waals surface area contributed by atoms with Gasteiger partial charge in [-0.05, 0) is 89.9 Å². The van der Waals surface area contributed by atoms with E-state index in [1.165, 1.54) is 154 Å². The molecule has 0 aliphatic carbocycles. The first kappa shape index (κ1) is 68.1. The molecule has 11 nitrogen and oxygen atoms in total. The van der Waals surface area contributed by atoms with Gasteiger partial charge in [0.2, 0.25) is 5.91 Å². The highest BCUT2D eigenvalue weighted by Crippen LogP contribution is 2.23. The van der Waals surface area contributed by atoms with Crippen molar-refractivity contribution in [2.24, 2.45) is 0 Å². The molecule has 0 aromatic heterocycles. The number of aliphatic hydroxyl groups excluding tert-OH is 7. The molecule has 1 amide bonds. The van der Waals surface area contributed by atoms with Crippen LogP contribution in [0.1, 0.15) is 264 Å². The molecule has 0 saturated carbocycles. The molecule has 8 N–H and O–H groups in total. The van der Waals surface area contributed by atoms with Gasteiger partial charge in [-0.1, -0.05) is 223 Å². The molecule has 9 unspecified atom stereocenters. The van der Waals surface area contributed by atoms with Gasteiger partial charge in [0.1, 0.15) is 36.6 Å². The number of carbonyl (C=O) groups is 1. The lowest BCUT2D eigenvalue weighted by Gasteiger charge is -2.40. The zero-order chi connectivity index (χ0) is 52.5. The number of unbranched alkanes of at least 4 members (excludes halogenated alkanes) is 31. The standard InChI is InChI=1S/C61H113NO10/c1-3-5-7-9-11-13-15-17-19-21-23-25-26-27-28-29-31-32-34-36-38-40-42-44-46-48-53(64)56(66)52(51-71-61-59(69)58(68)57(67)55(50-63)72-61)62-60(70)54(65)49-47-45-43-41-39-37-35-33-30-24-22-20-18-16-14-12-10-8-6-4-2/h27-28,30,32-34,40,42,52-59,61,63-69H,3-26,29,31,35-39,41,43-51H2,1-2H3,(H,62,70)/b28-27+,33-30-,34-32+,42-40+. The van der Waals surface area contributed by atoms with Crippen LogP contribution in [-0.2, 0) is 14.3 Å². The first-order valence-electron chi connectivity index (χ1n) is 30.0. The van der Waals surface area contributed by atoms with Crippen LogP contribution in [0.15, 0.2) is 48.6 Å². The summed E-state index contributed by atoms with van der Waals surface area (Å²) in [5, 5.41) is 76.1. The highest BCUT2D eigenvalue weighted by Gasteiger charge is 2.44. The van der Waals surface area contributed by atoms with Crippen LogP contribution in [0.5, 0.6) is 0 Å². The molecule has 1 aliphatic heterocycles. The number of rotatable bonds is 51. The molecule has 9 atom stereocenters. The average molecular weight is 1020 g/mol. The van der Waals surface area contributed by atoms with Gasteiger partial charge in [-0.2, -0.15) is 0 Å². The maximum absolute atomic E-state index is 13.2. The molecule has 0 aromatic rings. The maximum Gasteiger partial charge on any atom is 0.249 e. The Hall–Kier alpha value is -1.93. The lowest BCUT2D eigenvalue weighted by atomic mass is 9.98. The minimum atomic E-state index is -1.68. The van der Waals surface area contributed by atoms with E-state index in [9.17, 15) is 40.5 Å². The monoisotopic (exact) mass is 1020 g/mol. The minimum Gasteiger partial charge on any atom is -0.394 e. The zero-order valence-electron chi connectivity index (χ0n) is 46.2. The van der Waals surface area contributed by atoms with E-state index in [0.717, 1.165) is 64.2 Å². The topological polar surface area (TPSA) is 189 Å². The van der Waals surface area contributed by atoms with Crippen molar-refractivity contribution in [3.63, 3.8) is 0 Å². The van der Waals surface area contributed by atoms with Crippen LogP contribution in [0, 0.1) is 0 Å². The molecule has 1 saturated heterocycles. The van der Waals surface area contributed by atoms with Crippen LogP contribution in [0.2, 0.25) is 0 Å². The lowest BCUT2D eigenvalue weighted by molar-refractivity contribution is -0.303. The van der Waals surface area contributed by atoms with Gasteiger partial charge in [-0.3, -0.25) is 4.79 Å². The summed E-state index contributed by atoms with van der Waals surface area (Å²) in [4.78, 5) is 13.2. The van der Waals surface area contributed by atoms with Crippen LogP contribution in [0.25, 0.3) is 0 Å². The van der Waals surface area contributed by atoms with E-state index in [1.54, 1.807) is 0 Å². The summed E-state index contributed by atoms with van der Waals surface area (Å²) in [5.74, 6) is -0.716.